The zero-order chi connectivity index (χ0) is 15.8. The lowest BCUT2D eigenvalue weighted by Gasteiger charge is -2.20. The summed E-state index contributed by atoms with van der Waals surface area (Å²) in [5.41, 5.74) is 5.85. The first-order valence-corrected chi connectivity index (χ1v) is 7.85. The van der Waals surface area contributed by atoms with Crippen LogP contribution in [0.5, 0.6) is 5.75 Å². The monoisotopic (exact) mass is 308 g/mol. The maximum atomic E-state index is 13.0. The topological polar surface area (TPSA) is 62.9 Å². The number of likely N-dealkylation sites (tertiary alicyclic amines) is 1. The Bertz CT molecular complexity index is 495. The lowest BCUT2D eigenvalue weighted by Crippen LogP contribution is -2.37. The van der Waals surface area contributed by atoms with E-state index < -0.39 is 0 Å². The number of ether oxygens (including phenoxy) is 1. The Hall–Kier alpha value is -1.82. The molecule has 3 N–H and O–H groups in total. The second-order valence-electron chi connectivity index (χ2n) is 5.38. The van der Waals surface area contributed by atoms with Crippen LogP contribution in [0.25, 0.3) is 0 Å². The Kier molecular flexibility index (Phi) is 6.45. The van der Waals surface area contributed by atoms with Crippen LogP contribution >= 0.6 is 0 Å². The first kappa shape index (κ1) is 16.5. The quantitative estimate of drug-likeness (QED) is 0.456. The number of rotatable bonds is 7. The van der Waals surface area contributed by atoms with E-state index in [1.54, 1.807) is 12.1 Å². The number of nitrogens with one attached hydrogen (secondary N) is 1. The highest BCUT2D eigenvalue weighted by Gasteiger charge is 2.22. The summed E-state index contributed by atoms with van der Waals surface area (Å²) in [6.45, 7) is 6.07. The van der Waals surface area contributed by atoms with Crippen LogP contribution in [0.4, 0.5) is 4.39 Å². The molecule has 1 heterocycles. The van der Waals surface area contributed by atoms with Crippen LogP contribution in [-0.2, 0) is 0 Å². The van der Waals surface area contributed by atoms with Gasteiger partial charge in [0.05, 0.1) is 13.1 Å². The van der Waals surface area contributed by atoms with Gasteiger partial charge in [-0.2, -0.15) is 0 Å². The molecule has 0 saturated carbocycles. The minimum atomic E-state index is -0.302. The maximum Gasteiger partial charge on any atom is 0.188 e. The SMILES string of the molecule is CCN1CCCC1CN=C(N)NCCOc1cccc(F)c1. The normalized spacial score (nSPS) is 19.4. The highest BCUT2D eigenvalue weighted by Crippen LogP contribution is 2.16. The van der Waals surface area contributed by atoms with Crippen LogP contribution in [-0.4, -0.2) is 49.7 Å². The minimum Gasteiger partial charge on any atom is -0.492 e. The average Bonchev–Trinajstić information content (AvgIpc) is 2.97. The second kappa shape index (κ2) is 8.58. The predicted molar refractivity (Wildman–Crippen MR) is 86.7 cm³/mol. The summed E-state index contributed by atoms with van der Waals surface area (Å²) in [5.74, 6) is 0.649. The third kappa shape index (κ3) is 5.18. The Labute approximate surface area is 131 Å². The van der Waals surface area contributed by atoms with Crippen molar-refractivity contribution in [3.63, 3.8) is 0 Å². The van der Waals surface area contributed by atoms with Gasteiger partial charge in [0.25, 0.3) is 0 Å². The van der Waals surface area contributed by atoms with Crippen molar-refractivity contribution < 1.29 is 9.13 Å². The van der Waals surface area contributed by atoms with Crippen molar-refractivity contribution >= 4 is 5.96 Å². The van der Waals surface area contributed by atoms with Gasteiger partial charge in [0, 0.05) is 12.1 Å². The van der Waals surface area contributed by atoms with Gasteiger partial charge in [-0.1, -0.05) is 13.0 Å². The van der Waals surface area contributed by atoms with Gasteiger partial charge in [-0.3, -0.25) is 9.89 Å². The number of hydrogen-bond donors (Lipinski definition) is 2. The van der Waals surface area contributed by atoms with Gasteiger partial charge < -0.3 is 15.8 Å². The standard InChI is InChI=1S/C16H25FN4O/c1-2-21-9-4-6-14(21)12-20-16(18)19-8-10-22-15-7-3-5-13(17)11-15/h3,5,7,11,14H,2,4,6,8-10,12H2,1H3,(H3,18,19,20). The molecule has 1 unspecified atom stereocenters. The van der Waals surface area contributed by atoms with Gasteiger partial charge in [0.1, 0.15) is 18.2 Å². The molecule has 1 aromatic rings. The van der Waals surface area contributed by atoms with E-state index in [4.69, 9.17) is 10.5 Å². The van der Waals surface area contributed by atoms with Crippen LogP contribution in [0, 0.1) is 5.82 Å². The van der Waals surface area contributed by atoms with Gasteiger partial charge in [0.15, 0.2) is 5.96 Å². The second-order valence-corrected chi connectivity index (χ2v) is 5.38. The molecule has 22 heavy (non-hydrogen) atoms. The largest absolute Gasteiger partial charge is 0.492 e. The third-order valence-corrected chi connectivity index (χ3v) is 3.85. The molecule has 0 radical (unpaired) electrons. The molecule has 6 heteroatoms. The van der Waals surface area contributed by atoms with Crippen molar-refractivity contribution in [3.05, 3.63) is 30.1 Å². The summed E-state index contributed by atoms with van der Waals surface area (Å²) in [6.07, 6.45) is 2.43. The van der Waals surface area contributed by atoms with E-state index in [0.29, 0.717) is 30.9 Å². The van der Waals surface area contributed by atoms with Crippen molar-refractivity contribution in [2.24, 2.45) is 10.7 Å². The van der Waals surface area contributed by atoms with Gasteiger partial charge in [-0.25, -0.2) is 4.39 Å². The van der Waals surface area contributed by atoms with E-state index in [-0.39, 0.29) is 5.82 Å². The van der Waals surface area contributed by atoms with Crippen LogP contribution in [0.2, 0.25) is 0 Å². The molecule has 122 valence electrons. The molecule has 1 aromatic carbocycles. The summed E-state index contributed by atoms with van der Waals surface area (Å²) in [7, 11) is 0. The van der Waals surface area contributed by atoms with E-state index in [2.05, 4.69) is 22.1 Å². The number of guanidine groups is 1. The van der Waals surface area contributed by atoms with Crippen molar-refractivity contribution in [2.75, 3.05) is 32.8 Å². The molecular weight excluding hydrogens is 283 g/mol. The Morgan fingerprint density at radius 1 is 1.55 bits per heavy atom. The zero-order valence-corrected chi connectivity index (χ0v) is 13.1. The van der Waals surface area contributed by atoms with Crippen molar-refractivity contribution in [2.45, 2.75) is 25.8 Å². The van der Waals surface area contributed by atoms with E-state index in [1.807, 2.05) is 0 Å². The minimum absolute atomic E-state index is 0.302. The molecular formula is C16H25FN4O. The summed E-state index contributed by atoms with van der Waals surface area (Å²) < 4.78 is 18.4. The molecule has 1 fully saturated rings. The number of hydrogen-bond acceptors (Lipinski definition) is 3. The molecule has 0 spiro atoms. The Balaban J connectivity index is 1.64. The number of nitrogens with zero attached hydrogens (tertiary/aromatic N) is 2. The van der Waals surface area contributed by atoms with E-state index in [1.165, 1.54) is 25.0 Å². The number of aliphatic imine (C=N–C) groups is 1. The van der Waals surface area contributed by atoms with Gasteiger partial charge in [-0.15, -0.1) is 0 Å². The fourth-order valence-corrected chi connectivity index (χ4v) is 2.68. The molecule has 0 aliphatic carbocycles. The molecule has 1 aliphatic rings. The molecule has 2 rings (SSSR count). The molecule has 5 nitrogen and oxygen atoms in total. The summed E-state index contributed by atoms with van der Waals surface area (Å²) >= 11 is 0. The average molecular weight is 308 g/mol. The maximum absolute atomic E-state index is 13.0. The lowest BCUT2D eigenvalue weighted by atomic mass is 10.2. The first-order valence-electron chi connectivity index (χ1n) is 7.85. The summed E-state index contributed by atoms with van der Waals surface area (Å²) in [6, 6.07) is 6.60. The van der Waals surface area contributed by atoms with Crippen molar-refractivity contribution in [1.82, 2.24) is 10.2 Å². The predicted octanol–water partition coefficient (Wildman–Crippen LogP) is 1.59. The number of benzene rings is 1. The van der Waals surface area contributed by atoms with Crippen LogP contribution < -0.4 is 15.8 Å². The van der Waals surface area contributed by atoms with Gasteiger partial charge >= 0.3 is 0 Å². The fourth-order valence-electron chi connectivity index (χ4n) is 2.68. The molecule has 1 atom stereocenters. The molecule has 0 aromatic heterocycles. The molecule has 0 bridgehead atoms. The Morgan fingerprint density at radius 3 is 3.18 bits per heavy atom. The smallest absolute Gasteiger partial charge is 0.188 e. The first-order chi connectivity index (χ1) is 10.7. The highest BCUT2D eigenvalue weighted by atomic mass is 19.1. The number of halogens is 1. The van der Waals surface area contributed by atoms with E-state index in [9.17, 15) is 4.39 Å². The number of likely N-dealkylation sites (N-methyl/N-ethyl adjacent to an activating group) is 1. The van der Waals surface area contributed by atoms with Crippen LogP contribution in [0.15, 0.2) is 29.3 Å². The summed E-state index contributed by atoms with van der Waals surface area (Å²) in [4.78, 5) is 6.82. The van der Waals surface area contributed by atoms with Crippen molar-refractivity contribution in [3.8, 4) is 5.75 Å². The molecule has 1 saturated heterocycles. The van der Waals surface area contributed by atoms with Crippen molar-refractivity contribution in [1.29, 1.82) is 0 Å². The van der Waals surface area contributed by atoms with E-state index in [0.717, 1.165) is 19.6 Å². The van der Waals surface area contributed by atoms with Crippen LogP contribution in [0.1, 0.15) is 19.8 Å². The third-order valence-electron chi connectivity index (χ3n) is 3.85. The molecule has 0 amide bonds. The number of nitrogens with two attached hydrogens (primary N) is 1. The van der Waals surface area contributed by atoms with E-state index >= 15 is 0 Å². The zero-order valence-electron chi connectivity index (χ0n) is 13.1. The molecule has 1 aliphatic heterocycles. The van der Waals surface area contributed by atoms with Crippen LogP contribution in [0.3, 0.4) is 0 Å². The summed E-state index contributed by atoms with van der Waals surface area (Å²) in [5, 5.41) is 3.01. The highest BCUT2D eigenvalue weighted by molar-refractivity contribution is 5.77. The Morgan fingerprint density at radius 2 is 2.41 bits per heavy atom. The van der Waals surface area contributed by atoms with Gasteiger partial charge in [-0.05, 0) is 38.1 Å². The van der Waals surface area contributed by atoms with Gasteiger partial charge in [0.2, 0.25) is 0 Å². The fraction of sp³-hybridized carbons (Fsp3) is 0.562. The lowest BCUT2D eigenvalue weighted by molar-refractivity contribution is 0.273.